The highest BCUT2D eigenvalue weighted by molar-refractivity contribution is 7.91. The van der Waals surface area contributed by atoms with Gasteiger partial charge in [-0.2, -0.15) is 0 Å². The van der Waals surface area contributed by atoms with Crippen LogP contribution < -0.4 is 0 Å². The van der Waals surface area contributed by atoms with Crippen LogP contribution >= 0.6 is 0 Å². The molecule has 3 aromatic rings. The van der Waals surface area contributed by atoms with E-state index < -0.39 is 15.1 Å². The molecule has 0 fully saturated rings. The van der Waals surface area contributed by atoms with Crippen molar-refractivity contribution in [3.63, 3.8) is 0 Å². The van der Waals surface area contributed by atoms with Crippen LogP contribution in [0.3, 0.4) is 0 Å². The lowest BCUT2D eigenvalue weighted by atomic mass is 10.0. The minimum Gasteiger partial charge on any atom is -0.444 e. The Kier molecular flexibility index (Phi) is 4.05. The fourth-order valence-corrected chi connectivity index (χ4v) is 3.84. The number of hydrogen-bond donors (Lipinski definition) is 0. The van der Waals surface area contributed by atoms with Gasteiger partial charge in [0.2, 0.25) is 0 Å². The highest BCUT2D eigenvalue weighted by atomic mass is 32.2. The molecule has 0 aliphatic carbocycles. The summed E-state index contributed by atoms with van der Waals surface area (Å²) in [6, 6.07) is 18.5. The van der Waals surface area contributed by atoms with Crippen molar-refractivity contribution in [2.75, 3.05) is 6.26 Å². The van der Waals surface area contributed by atoms with Crippen LogP contribution in [0.4, 0.5) is 0 Å². The molecule has 2 aromatic carbocycles. The van der Waals surface area contributed by atoms with E-state index in [1.54, 1.807) is 19.1 Å². The molecule has 0 saturated carbocycles. The van der Waals surface area contributed by atoms with E-state index in [9.17, 15) is 8.42 Å². The van der Waals surface area contributed by atoms with E-state index in [1.165, 1.54) is 6.26 Å². The van der Waals surface area contributed by atoms with Gasteiger partial charge in [0.25, 0.3) is 0 Å². The summed E-state index contributed by atoms with van der Waals surface area (Å²) in [6.45, 7) is 1.72. The molecule has 23 heavy (non-hydrogen) atoms. The lowest BCUT2D eigenvalue weighted by molar-refractivity contribution is 0.475. The zero-order valence-corrected chi connectivity index (χ0v) is 13.7. The van der Waals surface area contributed by atoms with E-state index in [0.717, 1.165) is 5.56 Å². The molecule has 0 saturated heterocycles. The maximum atomic E-state index is 12.4. The van der Waals surface area contributed by atoms with Crippen LogP contribution in [0, 0.1) is 6.92 Å². The molecule has 5 heteroatoms. The van der Waals surface area contributed by atoms with E-state index >= 15 is 0 Å². The van der Waals surface area contributed by atoms with Crippen LogP contribution in [0.1, 0.15) is 22.5 Å². The zero-order chi connectivity index (χ0) is 16.4. The van der Waals surface area contributed by atoms with E-state index in [2.05, 4.69) is 4.98 Å². The molecule has 1 heterocycles. The fraction of sp³-hybridized carbons (Fsp3) is 0.167. The second-order valence-corrected chi connectivity index (χ2v) is 7.56. The largest absolute Gasteiger partial charge is 0.444 e. The third-order valence-corrected chi connectivity index (χ3v) is 4.92. The minimum absolute atomic E-state index is 0.363. The first kappa shape index (κ1) is 15.5. The Morgan fingerprint density at radius 3 is 2.09 bits per heavy atom. The molecule has 118 valence electrons. The number of rotatable bonds is 4. The summed E-state index contributed by atoms with van der Waals surface area (Å²) >= 11 is 0. The molecule has 0 aliphatic heterocycles. The lowest BCUT2D eigenvalue weighted by Crippen LogP contribution is -2.13. The number of nitrogens with zero attached hydrogens (tertiary/aromatic N) is 1. The van der Waals surface area contributed by atoms with Crippen LogP contribution in [0.5, 0.6) is 0 Å². The summed E-state index contributed by atoms with van der Waals surface area (Å²) in [7, 11) is -3.42. The summed E-state index contributed by atoms with van der Waals surface area (Å²) in [4.78, 5) is 4.41. The van der Waals surface area contributed by atoms with Gasteiger partial charge in [0, 0.05) is 18.7 Å². The van der Waals surface area contributed by atoms with Crippen molar-refractivity contribution in [1.29, 1.82) is 0 Å². The standard InChI is InChI=1S/C18H17NO3S/c1-13-19-16(14-9-5-3-6-10-14)17(22-13)18(23(2,20)21)15-11-7-4-8-12-15/h3-12,18H,1-2H3. The van der Waals surface area contributed by atoms with Crippen molar-refractivity contribution in [3.8, 4) is 11.3 Å². The first-order valence-electron chi connectivity index (χ1n) is 7.23. The predicted molar refractivity (Wildman–Crippen MR) is 89.8 cm³/mol. The van der Waals surface area contributed by atoms with Crippen molar-refractivity contribution in [3.05, 3.63) is 77.9 Å². The molecule has 0 N–H and O–H groups in total. The summed E-state index contributed by atoms with van der Waals surface area (Å²) < 4.78 is 30.6. The summed E-state index contributed by atoms with van der Waals surface area (Å²) in [5.74, 6) is 0.811. The van der Waals surface area contributed by atoms with Crippen molar-refractivity contribution in [2.24, 2.45) is 0 Å². The minimum atomic E-state index is -3.42. The number of aryl methyl sites for hydroxylation is 1. The molecule has 0 radical (unpaired) electrons. The van der Waals surface area contributed by atoms with Crippen molar-refractivity contribution >= 4 is 9.84 Å². The van der Waals surface area contributed by atoms with Gasteiger partial charge in [-0.3, -0.25) is 0 Å². The van der Waals surface area contributed by atoms with E-state index in [-0.39, 0.29) is 0 Å². The van der Waals surface area contributed by atoms with E-state index in [1.807, 2.05) is 48.5 Å². The molecule has 3 rings (SSSR count). The number of oxazole rings is 1. The maximum absolute atomic E-state index is 12.4. The van der Waals surface area contributed by atoms with Gasteiger partial charge >= 0.3 is 0 Å². The van der Waals surface area contributed by atoms with Gasteiger partial charge in [-0.1, -0.05) is 60.7 Å². The molecule has 0 spiro atoms. The topological polar surface area (TPSA) is 60.2 Å². The average molecular weight is 327 g/mol. The third-order valence-electron chi connectivity index (χ3n) is 3.58. The highest BCUT2D eigenvalue weighted by Gasteiger charge is 2.32. The molecule has 0 amide bonds. The van der Waals surface area contributed by atoms with E-state index in [4.69, 9.17) is 4.42 Å². The molecule has 0 aliphatic rings. The second kappa shape index (κ2) is 6.01. The van der Waals surface area contributed by atoms with Gasteiger partial charge in [-0.25, -0.2) is 13.4 Å². The van der Waals surface area contributed by atoms with Crippen LogP contribution in [-0.4, -0.2) is 19.7 Å². The predicted octanol–water partition coefficient (Wildman–Crippen LogP) is 3.78. The number of benzene rings is 2. The summed E-state index contributed by atoms with van der Waals surface area (Å²) in [6.07, 6.45) is 1.22. The van der Waals surface area contributed by atoms with Crippen LogP contribution in [0.25, 0.3) is 11.3 Å². The van der Waals surface area contributed by atoms with Gasteiger partial charge in [-0.05, 0) is 5.56 Å². The van der Waals surface area contributed by atoms with Crippen molar-refractivity contribution in [2.45, 2.75) is 12.2 Å². The van der Waals surface area contributed by atoms with Crippen LogP contribution in [0.2, 0.25) is 0 Å². The second-order valence-electron chi connectivity index (χ2n) is 5.43. The Morgan fingerprint density at radius 2 is 1.52 bits per heavy atom. The monoisotopic (exact) mass is 327 g/mol. The maximum Gasteiger partial charge on any atom is 0.191 e. The number of hydrogen-bond acceptors (Lipinski definition) is 4. The Hall–Kier alpha value is -2.40. The Bertz CT molecular complexity index is 900. The SMILES string of the molecule is Cc1nc(-c2ccccc2)c(C(c2ccccc2)S(C)(=O)=O)o1. The van der Waals surface area contributed by atoms with Gasteiger partial charge in [0.1, 0.15) is 10.9 Å². The smallest absolute Gasteiger partial charge is 0.191 e. The first-order chi connectivity index (χ1) is 11.0. The Balaban J connectivity index is 2.23. The zero-order valence-electron chi connectivity index (χ0n) is 12.9. The molecule has 1 atom stereocenters. The molecular weight excluding hydrogens is 310 g/mol. The highest BCUT2D eigenvalue weighted by Crippen LogP contribution is 2.36. The molecule has 1 unspecified atom stereocenters. The third kappa shape index (κ3) is 3.19. The van der Waals surface area contributed by atoms with Crippen LogP contribution in [0.15, 0.2) is 65.1 Å². The lowest BCUT2D eigenvalue weighted by Gasteiger charge is -2.14. The number of aromatic nitrogens is 1. The van der Waals surface area contributed by atoms with Crippen molar-refractivity contribution in [1.82, 2.24) is 4.98 Å². The van der Waals surface area contributed by atoms with Crippen molar-refractivity contribution < 1.29 is 12.8 Å². The normalized spacial score (nSPS) is 13.0. The fourth-order valence-electron chi connectivity index (χ4n) is 2.64. The molecular formula is C18H17NO3S. The number of sulfone groups is 1. The first-order valence-corrected chi connectivity index (χ1v) is 9.19. The molecule has 1 aromatic heterocycles. The summed E-state index contributed by atoms with van der Waals surface area (Å²) in [5, 5.41) is -0.875. The summed E-state index contributed by atoms with van der Waals surface area (Å²) in [5.41, 5.74) is 2.08. The average Bonchev–Trinajstić information content (AvgIpc) is 2.89. The van der Waals surface area contributed by atoms with Gasteiger partial charge in [0.05, 0.1) is 0 Å². The van der Waals surface area contributed by atoms with Gasteiger partial charge in [-0.15, -0.1) is 0 Å². The van der Waals surface area contributed by atoms with Gasteiger partial charge < -0.3 is 4.42 Å². The van der Waals surface area contributed by atoms with Crippen LogP contribution in [-0.2, 0) is 9.84 Å². The molecule has 0 bridgehead atoms. The Labute approximate surface area is 135 Å². The van der Waals surface area contributed by atoms with E-state index in [0.29, 0.717) is 22.9 Å². The molecule has 4 nitrogen and oxygen atoms in total. The quantitative estimate of drug-likeness (QED) is 0.731. The Morgan fingerprint density at radius 1 is 0.957 bits per heavy atom. The van der Waals surface area contributed by atoms with Gasteiger partial charge in [0.15, 0.2) is 21.5 Å².